The summed E-state index contributed by atoms with van der Waals surface area (Å²) in [6, 6.07) is 23.8. The normalized spacial score (nSPS) is 24.9. The highest BCUT2D eigenvalue weighted by Gasteiger charge is 2.48. The predicted molar refractivity (Wildman–Crippen MR) is 136 cm³/mol. The second-order valence-electron chi connectivity index (χ2n) is 10.3. The molecule has 1 unspecified atom stereocenters. The lowest BCUT2D eigenvalue weighted by molar-refractivity contribution is 0.0770. The summed E-state index contributed by atoms with van der Waals surface area (Å²) in [4.78, 5) is 4.37. The van der Waals surface area contributed by atoms with Crippen LogP contribution in [0.4, 0.5) is 5.82 Å². The fraction of sp³-hybridized carbons (Fsp3) is 0.393. The average molecular weight is 453 g/mol. The van der Waals surface area contributed by atoms with Crippen LogP contribution in [-0.2, 0) is 5.41 Å². The van der Waals surface area contributed by atoms with Crippen LogP contribution in [0.3, 0.4) is 0 Å². The van der Waals surface area contributed by atoms with Gasteiger partial charge in [-0.3, -0.25) is 0 Å². The first-order chi connectivity index (χ1) is 16.7. The molecular formula is C28H32N6. The summed E-state index contributed by atoms with van der Waals surface area (Å²) in [5.41, 5.74) is 12.2. The number of hydrogen-bond acceptors (Lipinski definition) is 5. The van der Waals surface area contributed by atoms with Crippen molar-refractivity contribution in [2.24, 2.45) is 0 Å². The second kappa shape index (κ2) is 8.51. The smallest absolute Gasteiger partial charge is 0.178 e. The molecule has 0 aliphatic heterocycles. The Morgan fingerprint density at radius 3 is 2.29 bits per heavy atom. The SMILES string of the molecule is Nc1cc(C(CCNC23CCC(c4ccccc4)(CC2)CC3)c2ccccc2)c2nn[nH]c2n1. The first-order valence-electron chi connectivity index (χ1n) is 12.5. The Hall–Kier alpha value is -3.25. The minimum atomic E-state index is 0.179. The molecule has 0 amide bonds. The van der Waals surface area contributed by atoms with Gasteiger partial charge in [0.2, 0.25) is 0 Å². The van der Waals surface area contributed by atoms with Gasteiger partial charge in [-0.25, -0.2) is 10.1 Å². The minimum Gasteiger partial charge on any atom is -0.384 e. The molecule has 2 aromatic carbocycles. The number of nitrogens with one attached hydrogen (secondary N) is 2. The van der Waals surface area contributed by atoms with Gasteiger partial charge in [0.15, 0.2) is 5.65 Å². The Morgan fingerprint density at radius 2 is 1.59 bits per heavy atom. The van der Waals surface area contributed by atoms with Gasteiger partial charge in [0.25, 0.3) is 0 Å². The van der Waals surface area contributed by atoms with Gasteiger partial charge in [0.05, 0.1) is 0 Å². The van der Waals surface area contributed by atoms with Crippen molar-refractivity contribution in [1.82, 2.24) is 25.7 Å². The van der Waals surface area contributed by atoms with Gasteiger partial charge in [0, 0.05) is 11.5 Å². The minimum absolute atomic E-state index is 0.179. The van der Waals surface area contributed by atoms with Crippen LogP contribution in [0.5, 0.6) is 0 Å². The van der Waals surface area contributed by atoms with E-state index in [0.717, 1.165) is 24.0 Å². The largest absolute Gasteiger partial charge is 0.384 e. The fourth-order valence-electron chi connectivity index (χ4n) is 6.49. The van der Waals surface area contributed by atoms with Crippen LogP contribution in [0.2, 0.25) is 0 Å². The molecule has 4 aromatic rings. The van der Waals surface area contributed by atoms with Crippen molar-refractivity contribution in [3.8, 4) is 0 Å². The van der Waals surface area contributed by atoms with Gasteiger partial charge in [-0.05, 0) is 79.7 Å². The number of benzene rings is 2. The molecule has 0 radical (unpaired) electrons. The summed E-state index contributed by atoms with van der Waals surface area (Å²) >= 11 is 0. The Morgan fingerprint density at radius 1 is 0.912 bits per heavy atom. The lowest BCUT2D eigenvalue weighted by atomic mass is 9.55. The Labute approximate surface area is 200 Å². The van der Waals surface area contributed by atoms with E-state index in [1.54, 1.807) is 5.56 Å². The van der Waals surface area contributed by atoms with Gasteiger partial charge in [-0.15, -0.1) is 5.10 Å². The molecule has 3 aliphatic rings. The third-order valence-electron chi connectivity index (χ3n) is 8.49. The maximum atomic E-state index is 6.15. The van der Waals surface area contributed by atoms with Gasteiger partial charge >= 0.3 is 0 Å². The fourth-order valence-corrected chi connectivity index (χ4v) is 6.49. The van der Waals surface area contributed by atoms with E-state index in [1.165, 1.54) is 44.1 Å². The van der Waals surface area contributed by atoms with E-state index in [1.807, 2.05) is 6.07 Å². The Kier molecular flexibility index (Phi) is 5.33. The molecule has 3 fully saturated rings. The number of nitrogens with zero attached hydrogens (tertiary/aromatic N) is 3. The zero-order chi connectivity index (χ0) is 23.0. The molecule has 174 valence electrons. The number of H-pyrrole nitrogens is 1. The number of aromatic amines is 1. The lowest BCUT2D eigenvalue weighted by Crippen LogP contribution is -2.56. The monoisotopic (exact) mass is 452 g/mol. The van der Waals surface area contributed by atoms with Crippen molar-refractivity contribution in [2.45, 2.75) is 61.8 Å². The van der Waals surface area contributed by atoms with E-state index in [0.29, 0.717) is 16.9 Å². The van der Waals surface area contributed by atoms with Crippen LogP contribution in [0.15, 0.2) is 66.7 Å². The molecule has 2 bridgehead atoms. The summed E-state index contributed by atoms with van der Waals surface area (Å²) in [5.74, 6) is 0.677. The Balaban J connectivity index is 1.20. The maximum Gasteiger partial charge on any atom is 0.178 e. The van der Waals surface area contributed by atoms with E-state index in [-0.39, 0.29) is 11.5 Å². The first kappa shape index (κ1) is 21.3. The summed E-state index contributed by atoms with van der Waals surface area (Å²) in [6.07, 6.45) is 8.60. The van der Waals surface area contributed by atoms with Crippen LogP contribution in [0.1, 0.15) is 67.6 Å². The number of aromatic nitrogens is 4. The molecule has 34 heavy (non-hydrogen) atoms. The highest BCUT2D eigenvalue weighted by atomic mass is 15.3. The van der Waals surface area contributed by atoms with E-state index in [4.69, 9.17) is 5.73 Å². The summed E-state index contributed by atoms with van der Waals surface area (Å²) in [7, 11) is 0. The average Bonchev–Trinajstić information content (AvgIpc) is 3.37. The highest BCUT2D eigenvalue weighted by molar-refractivity contribution is 5.77. The number of nitrogen functional groups attached to an aromatic ring is 1. The molecule has 0 saturated heterocycles. The summed E-state index contributed by atoms with van der Waals surface area (Å²) < 4.78 is 0. The van der Waals surface area contributed by atoms with Crippen LogP contribution in [0, 0.1) is 0 Å². The molecule has 0 spiro atoms. The molecule has 2 aromatic heterocycles. The van der Waals surface area contributed by atoms with Crippen LogP contribution in [-0.4, -0.2) is 32.5 Å². The number of pyridine rings is 1. The standard InChI is InChI=1S/C28H32N6/c29-24-19-23(25-26(31-24)33-34-32-25)22(20-7-3-1-4-8-20)11-18-30-28-15-12-27(13-16-28,14-17-28)21-9-5-2-6-10-21/h1-10,19,22,30H,11-18H2,(H3,29,31,32,33,34). The molecule has 6 heteroatoms. The van der Waals surface area contributed by atoms with Crippen LogP contribution < -0.4 is 11.1 Å². The van der Waals surface area contributed by atoms with E-state index >= 15 is 0 Å². The zero-order valence-electron chi connectivity index (χ0n) is 19.5. The summed E-state index contributed by atoms with van der Waals surface area (Å²) in [5, 5.41) is 15.2. The van der Waals surface area contributed by atoms with E-state index in [9.17, 15) is 0 Å². The number of rotatable bonds is 7. The summed E-state index contributed by atoms with van der Waals surface area (Å²) in [6.45, 7) is 0.958. The highest BCUT2D eigenvalue weighted by Crippen LogP contribution is 2.53. The number of hydrogen-bond donors (Lipinski definition) is 3. The van der Waals surface area contributed by atoms with Crippen molar-refractivity contribution >= 4 is 17.0 Å². The van der Waals surface area contributed by atoms with Gasteiger partial charge < -0.3 is 11.1 Å². The van der Waals surface area contributed by atoms with Crippen LogP contribution in [0.25, 0.3) is 11.2 Å². The topological polar surface area (TPSA) is 92.5 Å². The van der Waals surface area contributed by atoms with Crippen molar-refractivity contribution in [3.63, 3.8) is 0 Å². The number of fused-ring (bicyclic) bond motifs is 4. The van der Waals surface area contributed by atoms with Crippen LogP contribution >= 0.6 is 0 Å². The third kappa shape index (κ3) is 3.76. The van der Waals surface area contributed by atoms with Crippen molar-refractivity contribution in [2.75, 3.05) is 12.3 Å². The van der Waals surface area contributed by atoms with Crippen molar-refractivity contribution < 1.29 is 0 Å². The zero-order valence-corrected chi connectivity index (χ0v) is 19.5. The van der Waals surface area contributed by atoms with Gasteiger partial charge in [0.1, 0.15) is 11.3 Å². The molecule has 3 saturated carbocycles. The molecule has 1 atom stereocenters. The predicted octanol–water partition coefficient (Wildman–Crippen LogP) is 5.09. The van der Waals surface area contributed by atoms with Gasteiger partial charge in [-0.1, -0.05) is 65.9 Å². The molecule has 2 heterocycles. The molecule has 7 rings (SSSR count). The van der Waals surface area contributed by atoms with E-state index < -0.39 is 0 Å². The third-order valence-corrected chi connectivity index (χ3v) is 8.49. The van der Waals surface area contributed by atoms with E-state index in [2.05, 4.69) is 86.4 Å². The van der Waals surface area contributed by atoms with Crippen molar-refractivity contribution in [1.29, 1.82) is 0 Å². The molecule has 4 N–H and O–H groups in total. The molecule has 3 aliphatic carbocycles. The van der Waals surface area contributed by atoms with Gasteiger partial charge in [-0.2, -0.15) is 0 Å². The van der Waals surface area contributed by atoms with Crippen molar-refractivity contribution in [3.05, 3.63) is 83.4 Å². The second-order valence-corrected chi connectivity index (χ2v) is 10.3. The quantitative estimate of drug-likeness (QED) is 0.363. The maximum absolute atomic E-state index is 6.15. The first-order valence-corrected chi connectivity index (χ1v) is 12.5. The Bertz CT molecular complexity index is 1240. The molecule has 6 nitrogen and oxygen atoms in total. The lowest BCUT2D eigenvalue weighted by Gasteiger charge is -2.54. The number of anilines is 1. The molecular weight excluding hydrogens is 420 g/mol. The number of nitrogens with two attached hydrogens (primary N) is 1.